The molecule has 1 aromatic carbocycles. The molecule has 144 valence electrons. The second kappa shape index (κ2) is 10.0. The molecular formula is C18H23FIN7. The van der Waals surface area contributed by atoms with E-state index in [4.69, 9.17) is 0 Å². The third-order valence-corrected chi connectivity index (χ3v) is 3.92. The highest BCUT2D eigenvalue weighted by molar-refractivity contribution is 14.0. The number of aliphatic imine (C=N–C) groups is 1. The Kier molecular flexibility index (Phi) is 7.77. The van der Waals surface area contributed by atoms with Crippen molar-refractivity contribution < 1.29 is 4.39 Å². The molecule has 2 N–H and O–H groups in total. The number of aryl methyl sites for hydroxylation is 1. The molecular weight excluding hydrogens is 460 g/mol. The number of guanidine groups is 1. The number of halogens is 2. The van der Waals surface area contributed by atoms with Gasteiger partial charge in [0, 0.05) is 32.2 Å². The van der Waals surface area contributed by atoms with E-state index < -0.39 is 0 Å². The highest BCUT2D eigenvalue weighted by atomic mass is 127. The Labute approximate surface area is 174 Å². The summed E-state index contributed by atoms with van der Waals surface area (Å²) in [6, 6.07) is 7.05. The molecule has 0 saturated heterocycles. The molecule has 7 nitrogen and oxygen atoms in total. The van der Waals surface area contributed by atoms with Crippen molar-refractivity contribution in [1.82, 2.24) is 30.0 Å². The monoisotopic (exact) mass is 483 g/mol. The van der Waals surface area contributed by atoms with Crippen LogP contribution in [-0.2, 0) is 20.1 Å². The molecule has 0 aliphatic carbocycles. The van der Waals surface area contributed by atoms with Gasteiger partial charge in [0.2, 0.25) is 0 Å². The summed E-state index contributed by atoms with van der Waals surface area (Å²) in [5, 5.41) is 10.6. The lowest BCUT2D eigenvalue weighted by atomic mass is 10.2. The molecule has 0 spiro atoms. The molecule has 2 heterocycles. The van der Waals surface area contributed by atoms with Crippen molar-refractivity contribution in [3.8, 4) is 5.69 Å². The van der Waals surface area contributed by atoms with Gasteiger partial charge in [0.05, 0.1) is 30.8 Å². The van der Waals surface area contributed by atoms with Crippen molar-refractivity contribution in [1.29, 1.82) is 0 Å². The van der Waals surface area contributed by atoms with Crippen molar-refractivity contribution >= 4 is 29.9 Å². The first-order chi connectivity index (χ1) is 12.7. The van der Waals surface area contributed by atoms with Gasteiger partial charge in [-0.1, -0.05) is 6.07 Å². The SMILES string of the molecule is CCNC(=NCc1ccc(-n2ccnc2)c(F)c1)NCc1ccnn1C.I. The first kappa shape index (κ1) is 20.9. The zero-order valence-corrected chi connectivity index (χ0v) is 17.6. The molecule has 0 bridgehead atoms. The van der Waals surface area contributed by atoms with E-state index in [1.165, 1.54) is 6.07 Å². The number of benzene rings is 1. The van der Waals surface area contributed by atoms with Gasteiger partial charge < -0.3 is 15.2 Å². The lowest BCUT2D eigenvalue weighted by Gasteiger charge is -2.12. The number of imidazole rings is 1. The van der Waals surface area contributed by atoms with E-state index in [1.807, 2.05) is 26.1 Å². The molecule has 0 fully saturated rings. The lowest BCUT2D eigenvalue weighted by Crippen LogP contribution is -2.37. The predicted octanol–water partition coefficient (Wildman–Crippen LogP) is 2.62. The van der Waals surface area contributed by atoms with Gasteiger partial charge in [-0.2, -0.15) is 5.10 Å². The van der Waals surface area contributed by atoms with Crippen LogP contribution >= 0.6 is 24.0 Å². The summed E-state index contributed by atoms with van der Waals surface area (Å²) in [4.78, 5) is 8.47. The normalized spacial score (nSPS) is 11.1. The van der Waals surface area contributed by atoms with Gasteiger partial charge in [0.1, 0.15) is 5.82 Å². The van der Waals surface area contributed by atoms with E-state index in [-0.39, 0.29) is 29.8 Å². The fourth-order valence-electron chi connectivity index (χ4n) is 2.52. The average molecular weight is 483 g/mol. The lowest BCUT2D eigenvalue weighted by molar-refractivity contribution is 0.615. The van der Waals surface area contributed by atoms with Crippen molar-refractivity contribution in [3.05, 3.63) is 66.3 Å². The first-order valence-corrected chi connectivity index (χ1v) is 8.43. The Hall–Kier alpha value is -2.43. The number of hydrogen-bond donors (Lipinski definition) is 2. The molecule has 0 amide bonds. The van der Waals surface area contributed by atoms with Gasteiger partial charge in [-0.3, -0.25) is 4.68 Å². The van der Waals surface area contributed by atoms with E-state index in [9.17, 15) is 4.39 Å². The quantitative estimate of drug-likeness (QED) is 0.321. The Morgan fingerprint density at radius 3 is 2.70 bits per heavy atom. The molecule has 27 heavy (non-hydrogen) atoms. The molecule has 3 rings (SSSR count). The molecule has 0 radical (unpaired) electrons. The van der Waals surface area contributed by atoms with Gasteiger partial charge >= 0.3 is 0 Å². The van der Waals surface area contributed by atoms with Gasteiger partial charge in [-0.15, -0.1) is 24.0 Å². The van der Waals surface area contributed by atoms with E-state index in [1.54, 1.807) is 40.2 Å². The summed E-state index contributed by atoms with van der Waals surface area (Å²) in [6.07, 6.45) is 6.66. The van der Waals surface area contributed by atoms with Crippen LogP contribution in [0.15, 0.2) is 54.2 Å². The van der Waals surface area contributed by atoms with Crippen molar-refractivity contribution in [2.45, 2.75) is 20.0 Å². The Morgan fingerprint density at radius 2 is 2.07 bits per heavy atom. The van der Waals surface area contributed by atoms with Crippen LogP contribution in [0.25, 0.3) is 5.69 Å². The topological polar surface area (TPSA) is 72.1 Å². The first-order valence-electron chi connectivity index (χ1n) is 8.43. The van der Waals surface area contributed by atoms with Crippen LogP contribution in [0.3, 0.4) is 0 Å². The van der Waals surface area contributed by atoms with Gasteiger partial charge in [0.25, 0.3) is 0 Å². The van der Waals surface area contributed by atoms with E-state index in [0.717, 1.165) is 17.8 Å². The minimum Gasteiger partial charge on any atom is -0.357 e. The van der Waals surface area contributed by atoms with E-state index in [0.29, 0.717) is 24.7 Å². The van der Waals surface area contributed by atoms with Crippen molar-refractivity contribution in [3.63, 3.8) is 0 Å². The standard InChI is InChI=1S/C18H22FN7.HI/c1-3-21-18(23-12-15-6-7-24-25(15)2)22-11-14-4-5-17(16(19)10-14)26-9-8-20-13-26;/h4-10,13H,3,11-12H2,1-2H3,(H2,21,22,23);1H. The fourth-order valence-corrected chi connectivity index (χ4v) is 2.52. The summed E-state index contributed by atoms with van der Waals surface area (Å²) in [6.45, 7) is 3.73. The molecule has 3 aromatic rings. The molecule has 0 aliphatic rings. The van der Waals surface area contributed by atoms with Crippen LogP contribution in [0.1, 0.15) is 18.2 Å². The van der Waals surface area contributed by atoms with E-state index in [2.05, 4.69) is 25.7 Å². The minimum absolute atomic E-state index is 0. The molecule has 0 saturated carbocycles. The summed E-state index contributed by atoms with van der Waals surface area (Å²) >= 11 is 0. The molecule has 2 aromatic heterocycles. The number of nitrogens with zero attached hydrogens (tertiary/aromatic N) is 5. The molecule has 0 atom stereocenters. The zero-order chi connectivity index (χ0) is 18.4. The second-order valence-electron chi connectivity index (χ2n) is 5.75. The third-order valence-electron chi connectivity index (χ3n) is 3.92. The third kappa shape index (κ3) is 5.52. The van der Waals surface area contributed by atoms with Crippen LogP contribution < -0.4 is 10.6 Å². The maximum Gasteiger partial charge on any atom is 0.191 e. The van der Waals surface area contributed by atoms with Gasteiger partial charge in [-0.25, -0.2) is 14.4 Å². The molecule has 9 heteroatoms. The van der Waals surface area contributed by atoms with Crippen molar-refractivity contribution in [2.75, 3.05) is 6.54 Å². The van der Waals surface area contributed by atoms with Crippen LogP contribution in [0.2, 0.25) is 0 Å². The van der Waals surface area contributed by atoms with Crippen LogP contribution in [0.4, 0.5) is 4.39 Å². The summed E-state index contributed by atoms with van der Waals surface area (Å²) in [5.74, 6) is 0.372. The van der Waals surface area contributed by atoms with Gasteiger partial charge in [-0.05, 0) is 30.7 Å². The number of rotatable bonds is 6. The Balaban J connectivity index is 0.00000261. The Morgan fingerprint density at radius 1 is 1.22 bits per heavy atom. The Bertz CT molecular complexity index is 874. The number of nitrogens with one attached hydrogen (secondary N) is 2. The predicted molar refractivity (Wildman–Crippen MR) is 114 cm³/mol. The van der Waals surface area contributed by atoms with E-state index >= 15 is 0 Å². The van der Waals surface area contributed by atoms with Gasteiger partial charge in [0.15, 0.2) is 5.96 Å². The highest BCUT2D eigenvalue weighted by Crippen LogP contribution is 2.15. The molecule has 0 unspecified atom stereocenters. The second-order valence-corrected chi connectivity index (χ2v) is 5.75. The molecule has 0 aliphatic heterocycles. The smallest absolute Gasteiger partial charge is 0.191 e. The number of aromatic nitrogens is 4. The summed E-state index contributed by atoms with van der Waals surface area (Å²) < 4.78 is 17.8. The highest BCUT2D eigenvalue weighted by Gasteiger charge is 2.06. The fraction of sp³-hybridized carbons (Fsp3) is 0.278. The van der Waals surface area contributed by atoms with Crippen molar-refractivity contribution in [2.24, 2.45) is 12.0 Å². The maximum absolute atomic E-state index is 14.3. The average Bonchev–Trinajstić information content (AvgIpc) is 3.29. The number of hydrogen-bond acceptors (Lipinski definition) is 3. The van der Waals surface area contributed by atoms with Crippen LogP contribution in [0, 0.1) is 5.82 Å². The zero-order valence-electron chi connectivity index (χ0n) is 15.3. The summed E-state index contributed by atoms with van der Waals surface area (Å²) in [7, 11) is 1.89. The largest absolute Gasteiger partial charge is 0.357 e. The minimum atomic E-state index is -0.302. The summed E-state index contributed by atoms with van der Waals surface area (Å²) in [5.41, 5.74) is 2.31. The van der Waals surface area contributed by atoms with Crippen LogP contribution in [-0.4, -0.2) is 31.8 Å². The van der Waals surface area contributed by atoms with Crippen LogP contribution in [0.5, 0.6) is 0 Å². The maximum atomic E-state index is 14.3.